The van der Waals surface area contributed by atoms with Crippen LogP contribution >= 0.6 is 0 Å². The molecule has 0 aliphatic carbocycles. The van der Waals surface area contributed by atoms with E-state index < -0.39 is 0 Å². The molecule has 29 heavy (non-hydrogen) atoms. The van der Waals surface area contributed by atoms with E-state index in [1.54, 1.807) is 0 Å². The molecule has 1 saturated heterocycles. The van der Waals surface area contributed by atoms with Crippen molar-refractivity contribution in [2.24, 2.45) is 11.7 Å². The SMILES string of the molecule is NCCCN(Cc1ccccc1)C(=O)C1CCN(c2nc3ccccc3o2)CC1. The lowest BCUT2D eigenvalue weighted by Crippen LogP contribution is -2.43. The van der Waals surface area contributed by atoms with Gasteiger partial charge in [-0.25, -0.2) is 0 Å². The Labute approximate surface area is 171 Å². The highest BCUT2D eigenvalue weighted by Crippen LogP contribution is 2.27. The molecule has 0 unspecified atom stereocenters. The highest BCUT2D eigenvalue weighted by atomic mass is 16.4. The number of amides is 1. The molecule has 4 rings (SSSR count). The quantitative estimate of drug-likeness (QED) is 0.667. The number of rotatable bonds is 7. The smallest absolute Gasteiger partial charge is 0.298 e. The van der Waals surface area contributed by atoms with Gasteiger partial charge < -0.3 is 20.0 Å². The van der Waals surface area contributed by atoms with Gasteiger partial charge in [0, 0.05) is 32.1 Å². The average molecular weight is 393 g/mol. The van der Waals surface area contributed by atoms with Crippen molar-refractivity contribution in [2.75, 3.05) is 31.1 Å². The number of anilines is 1. The summed E-state index contributed by atoms with van der Waals surface area (Å²) in [5.41, 5.74) is 8.53. The van der Waals surface area contributed by atoms with Gasteiger partial charge in [0.05, 0.1) is 0 Å². The van der Waals surface area contributed by atoms with E-state index >= 15 is 0 Å². The zero-order valence-corrected chi connectivity index (χ0v) is 16.7. The number of carbonyl (C=O) groups is 1. The fourth-order valence-corrected chi connectivity index (χ4v) is 3.92. The van der Waals surface area contributed by atoms with Crippen LogP contribution in [0.1, 0.15) is 24.8 Å². The van der Waals surface area contributed by atoms with Gasteiger partial charge >= 0.3 is 0 Å². The highest BCUT2D eigenvalue weighted by Gasteiger charge is 2.30. The van der Waals surface area contributed by atoms with Crippen LogP contribution < -0.4 is 10.6 Å². The van der Waals surface area contributed by atoms with Crippen molar-refractivity contribution >= 4 is 23.0 Å². The van der Waals surface area contributed by atoms with Crippen molar-refractivity contribution in [2.45, 2.75) is 25.8 Å². The Morgan fingerprint density at radius 3 is 2.55 bits per heavy atom. The van der Waals surface area contributed by atoms with Crippen molar-refractivity contribution in [3.05, 3.63) is 60.2 Å². The van der Waals surface area contributed by atoms with Crippen LogP contribution in [0.3, 0.4) is 0 Å². The molecule has 2 N–H and O–H groups in total. The molecule has 1 fully saturated rings. The van der Waals surface area contributed by atoms with E-state index in [0.717, 1.165) is 49.0 Å². The fourth-order valence-electron chi connectivity index (χ4n) is 3.92. The lowest BCUT2D eigenvalue weighted by molar-refractivity contribution is -0.136. The second-order valence-corrected chi connectivity index (χ2v) is 7.61. The number of benzene rings is 2. The molecule has 0 radical (unpaired) electrons. The van der Waals surface area contributed by atoms with Gasteiger partial charge in [0.25, 0.3) is 6.01 Å². The number of para-hydroxylation sites is 2. The lowest BCUT2D eigenvalue weighted by Gasteiger charge is -2.33. The number of aromatic nitrogens is 1. The first kappa shape index (κ1) is 19.5. The molecule has 2 heterocycles. The molecule has 1 aliphatic heterocycles. The third kappa shape index (κ3) is 4.59. The molecule has 0 spiro atoms. The van der Waals surface area contributed by atoms with E-state index in [4.69, 9.17) is 10.2 Å². The molecule has 1 amide bonds. The average Bonchev–Trinajstić information content (AvgIpc) is 3.21. The van der Waals surface area contributed by atoms with Crippen molar-refractivity contribution < 1.29 is 9.21 Å². The van der Waals surface area contributed by atoms with Gasteiger partial charge in [-0.1, -0.05) is 42.5 Å². The number of fused-ring (bicyclic) bond motifs is 1. The third-order valence-corrected chi connectivity index (χ3v) is 5.56. The standard InChI is InChI=1S/C23H28N4O2/c24-13-6-14-27(17-18-7-2-1-3-8-18)22(28)19-11-15-26(16-12-19)23-25-20-9-4-5-10-21(20)29-23/h1-5,7-10,19H,6,11-17,24H2. The van der Waals surface area contributed by atoms with Crippen LogP contribution in [0.2, 0.25) is 0 Å². The van der Waals surface area contributed by atoms with E-state index in [9.17, 15) is 4.79 Å². The maximum absolute atomic E-state index is 13.2. The predicted octanol–water partition coefficient (Wildman–Crippen LogP) is 3.42. The van der Waals surface area contributed by atoms with Crippen LogP contribution in [0, 0.1) is 5.92 Å². The first-order valence-corrected chi connectivity index (χ1v) is 10.4. The number of piperidine rings is 1. The zero-order valence-electron chi connectivity index (χ0n) is 16.7. The van der Waals surface area contributed by atoms with E-state index in [1.165, 1.54) is 0 Å². The molecular weight excluding hydrogens is 364 g/mol. The Kier molecular flexibility index (Phi) is 6.10. The van der Waals surface area contributed by atoms with E-state index in [0.29, 0.717) is 25.6 Å². The minimum Gasteiger partial charge on any atom is -0.423 e. The lowest BCUT2D eigenvalue weighted by atomic mass is 9.95. The summed E-state index contributed by atoms with van der Waals surface area (Å²) in [4.78, 5) is 21.9. The number of nitrogens with two attached hydrogens (primary N) is 1. The maximum Gasteiger partial charge on any atom is 0.298 e. The topological polar surface area (TPSA) is 75.6 Å². The van der Waals surface area contributed by atoms with Crippen molar-refractivity contribution in [3.63, 3.8) is 0 Å². The Hall–Kier alpha value is -2.86. The second kappa shape index (κ2) is 9.09. The Bertz CT molecular complexity index is 899. The molecule has 1 aliphatic rings. The Morgan fingerprint density at radius 1 is 1.10 bits per heavy atom. The van der Waals surface area contributed by atoms with Crippen molar-refractivity contribution in [1.29, 1.82) is 0 Å². The van der Waals surface area contributed by atoms with Crippen LogP contribution in [-0.2, 0) is 11.3 Å². The van der Waals surface area contributed by atoms with Crippen LogP contribution in [-0.4, -0.2) is 42.0 Å². The van der Waals surface area contributed by atoms with Crippen molar-refractivity contribution in [1.82, 2.24) is 9.88 Å². The first-order chi connectivity index (χ1) is 14.2. The van der Waals surface area contributed by atoms with Gasteiger partial charge in [0.15, 0.2) is 5.58 Å². The molecule has 0 saturated carbocycles. The summed E-state index contributed by atoms with van der Waals surface area (Å²) in [6.45, 7) is 3.49. The van der Waals surface area contributed by atoms with Crippen LogP contribution in [0.5, 0.6) is 0 Å². The van der Waals surface area contributed by atoms with Crippen molar-refractivity contribution in [3.8, 4) is 0 Å². The molecule has 1 aromatic heterocycles. The predicted molar refractivity (Wildman–Crippen MR) is 114 cm³/mol. The van der Waals surface area contributed by atoms with E-state index in [2.05, 4.69) is 22.0 Å². The molecular formula is C23H28N4O2. The van der Waals surface area contributed by atoms with Gasteiger partial charge in [0.2, 0.25) is 5.91 Å². The summed E-state index contributed by atoms with van der Waals surface area (Å²) in [5.74, 6) is 0.275. The summed E-state index contributed by atoms with van der Waals surface area (Å²) in [5, 5.41) is 0. The summed E-state index contributed by atoms with van der Waals surface area (Å²) in [6.07, 6.45) is 2.44. The number of oxazole rings is 1. The van der Waals surface area contributed by atoms with Crippen LogP contribution in [0.4, 0.5) is 6.01 Å². The van der Waals surface area contributed by atoms with Gasteiger partial charge in [-0.05, 0) is 43.5 Å². The Morgan fingerprint density at radius 2 is 1.83 bits per heavy atom. The highest BCUT2D eigenvalue weighted by molar-refractivity contribution is 5.79. The summed E-state index contributed by atoms with van der Waals surface area (Å²) in [6, 6.07) is 18.6. The number of hydrogen-bond acceptors (Lipinski definition) is 5. The van der Waals surface area contributed by atoms with Crippen LogP contribution in [0.15, 0.2) is 59.0 Å². The molecule has 0 bridgehead atoms. The zero-order chi connectivity index (χ0) is 20.1. The van der Waals surface area contributed by atoms with E-state index in [1.807, 2.05) is 47.4 Å². The Balaban J connectivity index is 1.39. The first-order valence-electron chi connectivity index (χ1n) is 10.4. The minimum atomic E-state index is 0.0390. The van der Waals surface area contributed by atoms with Gasteiger partial charge in [-0.15, -0.1) is 0 Å². The maximum atomic E-state index is 13.2. The number of carbonyl (C=O) groups excluding carboxylic acids is 1. The van der Waals surface area contributed by atoms with Gasteiger partial charge in [0.1, 0.15) is 5.52 Å². The molecule has 6 nitrogen and oxygen atoms in total. The normalized spacial score (nSPS) is 15.0. The number of nitrogens with zero attached hydrogens (tertiary/aromatic N) is 3. The third-order valence-electron chi connectivity index (χ3n) is 5.56. The summed E-state index contributed by atoms with van der Waals surface area (Å²) in [7, 11) is 0. The van der Waals surface area contributed by atoms with Gasteiger partial charge in [-0.3, -0.25) is 4.79 Å². The summed E-state index contributed by atoms with van der Waals surface area (Å²) >= 11 is 0. The van der Waals surface area contributed by atoms with E-state index in [-0.39, 0.29) is 11.8 Å². The largest absolute Gasteiger partial charge is 0.423 e. The van der Waals surface area contributed by atoms with Crippen LogP contribution in [0.25, 0.3) is 11.1 Å². The second-order valence-electron chi connectivity index (χ2n) is 7.61. The summed E-state index contributed by atoms with van der Waals surface area (Å²) < 4.78 is 5.89. The minimum absolute atomic E-state index is 0.0390. The molecule has 3 aromatic rings. The molecule has 6 heteroatoms. The van der Waals surface area contributed by atoms with Gasteiger partial charge in [-0.2, -0.15) is 4.98 Å². The monoisotopic (exact) mass is 392 g/mol. The molecule has 152 valence electrons. The molecule has 0 atom stereocenters. The number of hydrogen-bond donors (Lipinski definition) is 1. The fraction of sp³-hybridized carbons (Fsp3) is 0.391. The molecule has 2 aromatic carbocycles.